The third kappa shape index (κ3) is 5.85. The highest BCUT2D eigenvalue weighted by molar-refractivity contribution is 5.76. The van der Waals surface area contributed by atoms with Crippen molar-refractivity contribution < 1.29 is 4.79 Å². The molecule has 0 heterocycles. The van der Waals surface area contributed by atoms with Gasteiger partial charge in [-0.25, -0.2) is 0 Å². The Morgan fingerprint density at radius 3 is 1.94 bits per heavy atom. The van der Waals surface area contributed by atoms with Gasteiger partial charge in [0.15, 0.2) is 0 Å². The molecular formula is C15H32N2O. The van der Waals surface area contributed by atoms with Crippen molar-refractivity contribution in [3.8, 4) is 0 Å². The lowest BCUT2D eigenvalue weighted by molar-refractivity contribution is -0.123. The summed E-state index contributed by atoms with van der Waals surface area (Å²) in [6.07, 6.45) is 5.48. The maximum Gasteiger partial charge on any atom is 0.220 e. The highest BCUT2D eigenvalue weighted by atomic mass is 16.1. The molecule has 3 nitrogen and oxygen atoms in total. The van der Waals surface area contributed by atoms with E-state index in [0.29, 0.717) is 13.0 Å². The van der Waals surface area contributed by atoms with Gasteiger partial charge < -0.3 is 11.1 Å². The molecule has 0 saturated heterocycles. The zero-order valence-corrected chi connectivity index (χ0v) is 12.9. The van der Waals surface area contributed by atoms with Crippen LogP contribution in [0.3, 0.4) is 0 Å². The summed E-state index contributed by atoms with van der Waals surface area (Å²) in [4.78, 5) is 12.0. The van der Waals surface area contributed by atoms with Crippen molar-refractivity contribution >= 4 is 5.91 Å². The Morgan fingerprint density at radius 2 is 1.56 bits per heavy atom. The third-order valence-corrected chi connectivity index (χ3v) is 4.28. The van der Waals surface area contributed by atoms with Gasteiger partial charge in [0.05, 0.1) is 0 Å². The number of hydrogen-bond donors (Lipinski definition) is 2. The minimum Gasteiger partial charge on any atom is -0.351 e. The lowest BCUT2D eigenvalue weighted by Crippen LogP contribution is -2.47. The van der Waals surface area contributed by atoms with Crippen LogP contribution in [0.25, 0.3) is 0 Å². The number of hydrogen-bond acceptors (Lipinski definition) is 2. The van der Waals surface area contributed by atoms with E-state index in [1.807, 2.05) is 0 Å². The van der Waals surface area contributed by atoms with Crippen molar-refractivity contribution in [2.24, 2.45) is 11.1 Å². The number of rotatable bonds is 9. The van der Waals surface area contributed by atoms with Gasteiger partial charge in [0.2, 0.25) is 5.91 Å². The zero-order valence-electron chi connectivity index (χ0n) is 12.9. The summed E-state index contributed by atoms with van der Waals surface area (Å²) in [6.45, 7) is 11.5. The zero-order chi connectivity index (χ0) is 14.2. The number of carbonyl (C=O) groups is 1. The summed E-state index contributed by atoms with van der Waals surface area (Å²) < 4.78 is 0. The smallest absolute Gasteiger partial charge is 0.220 e. The van der Waals surface area contributed by atoms with Gasteiger partial charge in [0.1, 0.15) is 0 Å². The van der Waals surface area contributed by atoms with E-state index in [4.69, 9.17) is 5.73 Å². The molecule has 0 radical (unpaired) electrons. The molecule has 0 spiro atoms. The SMILES string of the molecule is CCC(CC)(CC)NC(=O)CCC(C)(C)CCN. The predicted octanol–water partition coefficient (Wildman–Crippen LogP) is 3.23. The summed E-state index contributed by atoms with van der Waals surface area (Å²) in [5.74, 6) is 0.186. The van der Waals surface area contributed by atoms with Crippen LogP contribution in [0, 0.1) is 5.41 Å². The molecule has 0 bridgehead atoms. The second kappa shape index (κ2) is 7.78. The second-order valence-corrected chi connectivity index (χ2v) is 6.09. The quantitative estimate of drug-likeness (QED) is 0.665. The van der Waals surface area contributed by atoms with Crippen molar-refractivity contribution in [1.82, 2.24) is 5.32 Å². The molecule has 0 aromatic heterocycles. The van der Waals surface area contributed by atoms with Gasteiger partial charge in [-0.05, 0) is 44.1 Å². The van der Waals surface area contributed by atoms with E-state index >= 15 is 0 Å². The molecule has 0 aromatic rings. The summed E-state index contributed by atoms with van der Waals surface area (Å²) in [5, 5.41) is 3.22. The molecule has 3 heteroatoms. The second-order valence-electron chi connectivity index (χ2n) is 6.09. The Hall–Kier alpha value is -0.570. The summed E-state index contributed by atoms with van der Waals surface area (Å²) >= 11 is 0. The van der Waals surface area contributed by atoms with E-state index in [1.165, 1.54) is 0 Å². The molecule has 0 saturated carbocycles. The van der Waals surface area contributed by atoms with E-state index < -0.39 is 0 Å². The molecule has 0 aliphatic rings. The molecule has 0 aliphatic heterocycles. The van der Waals surface area contributed by atoms with Crippen molar-refractivity contribution in [3.05, 3.63) is 0 Å². The molecule has 108 valence electrons. The van der Waals surface area contributed by atoms with E-state index in [2.05, 4.69) is 39.9 Å². The minimum atomic E-state index is -0.00487. The van der Waals surface area contributed by atoms with E-state index in [0.717, 1.165) is 32.1 Å². The van der Waals surface area contributed by atoms with E-state index in [1.54, 1.807) is 0 Å². The monoisotopic (exact) mass is 256 g/mol. The van der Waals surface area contributed by atoms with Crippen LogP contribution in [-0.2, 0) is 4.79 Å². The van der Waals surface area contributed by atoms with Crippen LogP contribution in [0.2, 0.25) is 0 Å². The van der Waals surface area contributed by atoms with Gasteiger partial charge in [-0.3, -0.25) is 4.79 Å². The molecule has 3 N–H and O–H groups in total. The fourth-order valence-electron chi connectivity index (χ4n) is 2.34. The number of nitrogens with one attached hydrogen (secondary N) is 1. The minimum absolute atomic E-state index is 0.00487. The first-order chi connectivity index (χ1) is 8.34. The van der Waals surface area contributed by atoms with Crippen LogP contribution >= 0.6 is 0 Å². The van der Waals surface area contributed by atoms with Crippen molar-refractivity contribution in [2.45, 2.75) is 78.7 Å². The Bertz CT molecular complexity index is 237. The molecule has 18 heavy (non-hydrogen) atoms. The van der Waals surface area contributed by atoms with Gasteiger partial charge in [0, 0.05) is 12.0 Å². The highest BCUT2D eigenvalue weighted by Gasteiger charge is 2.26. The first kappa shape index (κ1) is 17.4. The van der Waals surface area contributed by atoms with Crippen LogP contribution in [0.15, 0.2) is 0 Å². The predicted molar refractivity (Wildman–Crippen MR) is 78.4 cm³/mol. The van der Waals surface area contributed by atoms with E-state index in [-0.39, 0.29) is 16.9 Å². The lowest BCUT2D eigenvalue weighted by Gasteiger charge is -2.32. The molecule has 0 aliphatic carbocycles. The molecule has 1 amide bonds. The van der Waals surface area contributed by atoms with Crippen LogP contribution in [0.5, 0.6) is 0 Å². The normalized spacial score (nSPS) is 12.6. The molecule has 0 rings (SSSR count). The summed E-state index contributed by atoms with van der Waals surface area (Å²) in [5.41, 5.74) is 5.75. The fourth-order valence-corrected chi connectivity index (χ4v) is 2.34. The topological polar surface area (TPSA) is 55.1 Å². The molecule has 0 aromatic carbocycles. The van der Waals surface area contributed by atoms with Gasteiger partial charge in [-0.15, -0.1) is 0 Å². The third-order valence-electron chi connectivity index (χ3n) is 4.28. The van der Waals surface area contributed by atoms with Crippen LogP contribution in [0.4, 0.5) is 0 Å². The van der Waals surface area contributed by atoms with E-state index in [9.17, 15) is 4.79 Å². The molecule has 0 atom stereocenters. The molecular weight excluding hydrogens is 224 g/mol. The van der Waals surface area contributed by atoms with Gasteiger partial charge >= 0.3 is 0 Å². The average Bonchev–Trinajstić information content (AvgIpc) is 2.34. The van der Waals surface area contributed by atoms with Gasteiger partial charge in [-0.2, -0.15) is 0 Å². The summed E-state index contributed by atoms with van der Waals surface area (Å²) in [7, 11) is 0. The number of amides is 1. The largest absolute Gasteiger partial charge is 0.351 e. The number of nitrogens with two attached hydrogens (primary N) is 1. The van der Waals surface area contributed by atoms with Gasteiger partial charge in [-0.1, -0.05) is 34.6 Å². The maximum absolute atomic E-state index is 12.0. The Kier molecular flexibility index (Phi) is 7.53. The number of carbonyl (C=O) groups excluding carboxylic acids is 1. The average molecular weight is 256 g/mol. The Labute approximate surface area is 113 Å². The molecule has 0 fully saturated rings. The Morgan fingerprint density at radius 1 is 1.06 bits per heavy atom. The molecule has 0 unspecified atom stereocenters. The summed E-state index contributed by atoms with van der Waals surface area (Å²) in [6, 6.07) is 0. The maximum atomic E-state index is 12.0. The highest BCUT2D eigenvalue weighted by Crippen LogP contribution is 2.26. The van der Waals surface area contributed by atoms with Crippen LogP contribution in [0.1, 0.15) is 73.1 Å². The Balaban J connectivity index is 4.26. The van der Waals surface area contributed by atoms with Crippen molar-refractivity contribution in [3.63, 3.8) is 0 Å². The van der Waals surface area contributed by atoms with Crippen LogP contribution < -0.4 is 11.1 Å². The fraction of sp³-hybridized carbons (Fsp3) is 0.933. The lowest BCUT2D eigenvalue weighted by atomic mass is 9.84. The van der Waals surface area contributed by atoms with Crippen molar-refractivity contribution in [2.75, 3.05) is 6.54 Å². The first-order valence-corrected chi connectivity index (χ1v) is 7.36. The van der Waals surface area contributed by atoms with Crippen molar-refractivity contribution in [1.29, 1.82) is 0 Å². The van der Waals surface area contributed by atoms with Gasteiger partial charge in [0.25, 0.3) is 0 Å². The first-order valence-electron chi connectivity index (χ1n) is 7.36. The standard InChI is InChI=1S/C15H32N2O/c1-6-15(7-2,8-3)17-13(18)9-10-14(4,5)11-12-16/h6-12,16H2,1-5H3,(H,17,18). The van der Waals surface area contributed by atoms with Crippen LogP contribution in [-0.4, -0.2) is 18.0 Å².